The van der Waals surface area contributed by atoms with Crippen LogP contribution in [0.15, 0.2) is 47.1 Å². The van der Waals surface area contributed by atoms with Gasteiger partial charge in [-0.1, -0.05) is 43.7 Å². The third-order valence-electron chi connectivity index (χ3n) is 6.36. The number of pyridine rings is 1. The van der Waals surface area contributed by atoms with Crippen LogP contribution in [0.1, 0.15) is 59.6 Å². The van der Waals surface area contributed by atoms with E-state index in [1.807, 2.05) is 17.9 Å². The van der Waals surface area contributed by atoms with Crippen LogP contribution in [0.5, 0.6) is 0 Å². The number of furan rings is 1. The average molecular weight is 443 g/mol. The molecule has 1 aliphatic heterocycles. The monoisotopic (exact) mass is 442 g/mol. The molecule has 0 saturated carbocycles. The van der Waals surface area contributed by atoms with Crippen LogP contribution in [0.3, 0.4) is 0 Å². The number of nitriles is 1. The number of anilines is 1. The van der Waals surface area contributed by atoms with Crippen LogP contribution in [-0.4, -0.2) is 35.9 Å². The number of piperazine rings is 1. The van der Waals surface area contributed by atoms with E-state index in [1.165, 1.54) is 5.56 Å². The number of nitrogens with zero attached hydrogens (tertiary/aromatic N) is 3. The summed E-state index contributed by atoms with van der Waals surface area (Å²) in [5.41, 5.74) is 5.15. The van der Waals surface area contributed by atoms with Gasteiger partial charge in [-0.2, -0.15) is 5.26 Å². The molecule has 1 aromatic carbocycles. The summed E-state index contributed by atoms with van der Waals surface area (Å²) in [7, 11) is 0. The number of aryl methyl sites for hydroxylation is 2. The maximum Gasteiger partial charge on any atom is 0.190 e. The van der Waals surface area contributed by atoms with Crippen LogP contribution in [0.25, 0.3) is 11.1 Å². The van der Waals surface area contributed by atoms with E-state index in [-0.39, 0.29) is 17.7 Å². The molecule has 3 heterocycles. The van der Waals surface area contributed by atoms with Crippen molar-refractivity contribution >= 4 is 11.6 Å². The first kappa shape index (κ1) is 22.8. The Hall–Kier alpha value is -3.43. The summed E-state index contributed by atoms with van der Waals surface area (Å²) in [4.78, 5) is 20.6. The fourth-order valence-electron chi connectivity index (χ4n) is 4.56. The van der Waals surface area contributed by atoms with Crippen molar-refractivity contribution in [3.05, 3.63) is 70.8 Å². The minimum atomic E-state index is -0.486. The molecule has 0 spiro atoms. The van der Waals surface area contributed by atoms with E-state index < -0.39 is 6.04 Å². The van der Waals surface area contributed by atoms with Crippen molar-refractivity contribution in [3.63, 3.8) is 0 Å². The summed E-state index contributed by atoms with van der Waals surface area (Å²) < 4.78 is 5.39. The standard InChI is InChI=1S/C27H30N4O2/c1-16(2)24-23(20-8-6-17(3)7-9-20)14-21(15-28)27(30-24)31-12-11-29-18(4)25(31)26(32)22-10-13-33-19(22)5/h6-10,13-14,16,18,25,29H,11-12H2,1-5H3. The van der Waals surface area contributed by atoms with Gasteiger partial charge in [0.15, 0.2) is 5.78 Å². The highest BCUT2D eigenvalue weighted by molar-refractivity contribution is 6.03. The van der Waals surface area contributed by atoms with Gasteiger partial charge in [-0.25, -0.2) is 4.98 Å². The zero-order valence-corrected chi connectivity index (χ0v) is 19.8. The molecule has 1 saturated heterocycles. The van der Waals surface area contributed by atoms with E-state index in [9.17, 15) is 10.1 Å². The minimum Gasteiger partial charge on any atom is -0.469 e. The summed E-state index contributed by atoms with van der Waals surface area (Å²) in [6.07, 6.45) is 1.54. The lowest BCUT2D eigenvalue weighted by Gasteiger charge is -2.41. The minimum absolute atomic E-state index is 0.0275. The summed E-state index contributed by atoms with van der Waals surface area (Å²) in [5.74, 6) is 1.30. The zero-order chi connectivity index (χ0) is 23.7. The Bertz CT molecular complexity index is 1200. The zero-order valence-electron chi connectivity index (χ0n) is 19.8. The van der Waals surface area contributed by atoms with E-state index in [0.717, 1.165) is 16.8 Å². The van der Waals surface area contributed by atoms with Gasteiger partial charge in [0, 0.05) is 24.7 Å². The second-order valence-electron chi connectivity index (χ2n) is 9.06. The predicted molar refractivity (Wildman–Crippen MR) is 130 cm³/mol. The SMILES string of the molecule is Cc1ccc(-c2cc(C#N)c(N3CCNC(C)C3C(=O)c3ccoc3C)nc2C(C)C)cc1. The fourth-order valence-corrected chi connectivity index (χ4v) is 4.56. The average Bonchev–Trinajstić information content (AvgIpc) is 3.24. The summed E-state index contributed by atoms with van der Waals surface area (Å²) in [5, 5.41) is 13.5. The molecule has 1 N–H and O–H groups in total. The highest BCUT2D eigenvalue weighted by atomic mass is 16.3. The number of ketones is 1. The molecular weight excluding hydrogens is 412 g/mol. The van der Waals surface area contributed by atoms with Gasteiger partial charge in [-0.05, 0) is 44.4 Å². The van der Waals surface area contributed by atoms with Gasteiger partial charge in [-0.3, -0.25) is 4.79 Å². The molecule has 2 aromatic heterocycles. The number of Topliss-reactive ketones (excluding diaryl/α,β-unsaturated/α-hetero) is 1. The number of hydrogen-bond donors (Lipinski definition) is 1. The predicted octanol–water partition coefficient (Wildman–Crippen LogP) is 5.00. The molecule has 3 aromatic rings. The molecule has 0 radical (unpaired) electrons. The van der Waals surface area contributed by atoms with E-state index in [0.29, 0.717) is 35.8 Å². The third-order valence-corrected chi connectivity index (χ3v) is 6.36. The molecule has 0 amide bonds. The number of aromatic nitrogens is 1. The summed E-state index contributed by atoms with van der Waals surface area (Å²) in [6.45, 7) is 11.4. The van der Waals surface area contributed by atoms with Crippen LogP contribution in [0.2, 0.25) is 0 Å². The van der Waals surface area contributed by atoms with Crippen molar-refractivity contribution in [1.82, 2.24) is 10.3 Å². The molecular formula is C27H30N4O2. The molecule has 0 aliphatic carbocycles. The van der Waals surface area contributed by atoms with E-state index in [2.05, 4.69) is 56.4 Å². The molecule has 0 bridgehead atoms. The molecule has 6 heteroatoms. The van der Waals surface area contributed by atoms with Gasteiger partial charge in [0.05, 0.1) is 23.1 Å². The maximum atomic E-state index is 13.6. The van der Waals surface area contributed by atoms with Crippen molar-refractivity contribution in [1.29, 1.82) is 5.26 Å². The Labute approximate surface area is 195 Å². The van der Waals surface area contributed by atoms with E-state index >= 15 is 0 Å². The Morgan fingerprint density at radius 3 is 2.58 bits per heavy atom. The van der Waals surface area contributed by atoms with E-state index in [1.54, 1.807) is 19.3 Å². The first-order valence-corrected chi connectivity index (χ1v) is 11.4. The molecule has 170 valence electrons. The van der Waals surface area contributed by atoms with Crippen molar-refractivity contribution in [2.75, 3.05) is 18.0 Å². The number of nitrogens with one attached hydrogen (secondary N) is 1. The summed E-state index contributed by atoms with van der Waals surface area (Å²) >= 11 is 0. The lowest BCUT2D eigenvalue weighted by molar-refractivity contribution is 0.0930. The number of carbonyl (C=O) groups excluding carboxylic acids is 1. The second-order valence-corrected chi connectivity index (χ2v) is 9.06. The van der Waals surface area contributed by atoms with Crippen LogP contribution < -0.4 is 10.2 Å². The maximum absolute atomic E-state index is 13.6. The van der Waals surface area contributed by atoms with Crippen molar-refractivity contribution in [3.8, 4) is 17.2 Å². The third kappa shape index (κ3) is 4.29. The van der Waals surface area contributed by atoms with Crippen LogP contribution in [0.4, 0.5) is 5.82 Å². The Morgan fingerprint density at radius 1 is 1.24 bits per heavy atom. The molecule has 2 unspecified atom stereocenters. The lowest BCUT2D eigenvalue weighted by atomic mass is 9.93. The van der Waals surface area contributed by atoms with Gasteiger partial charge in [0.1, 0.15) is 23.7 Å². The molecule has 33 heavy (non-hydrogen) atoms. The van der Waals surface area contributed by atoms with Crippen LogP contribution in [0, 0.1) is 25.2 Å². The quantitative estimate of drug-likeness (QED) is 0.560. The van der Waals surface area contributed by atoms with Crippen molar-refractivity contribution in [2.45, 2.75) is 52.6 Å². The Balaban J connectivity index is 1.85. The summed E-state index contributed by atoms with van der Waals surface area (Å²) in [6, 6.07) is 13.7. The molecule has 6 nitrogen and oxygen atoms in total. The largest absolute Gasteiger partial charge is 0.469 e. The van der Waals surface area contributed by atoms with Crippen LogP contribution in [-0.2, 0) is 0 Å². The van der Waals surface area contributed by atoms with Gasteiger partial charge >= 0.3 is 0 Å². The first-order chi connectivity index (χ1) is 15.8. The highest BCUT2D eigenvalue weighted by Gasteiger charge is 2.38. The highest BCUT2D eigenvalue weighted by Crippen LogP contribution is 2.34. The first-order valence-electron chi connectivity index (χ1n) is 11.4. The molecule has 1 aliphatic rings. The van der Waals surface area contributed by atoms with Gasteiger partial charge in [0.25, 0.3) is 0 Å². The van der Waals surface area contributed by atoms with Crippen LogP contribution >= 0.6 is 0 Å². The second kappa shape index (κ2) is 9.21. The molecule has 4 rings (SSSR count). The Morgan fingerprint density at radius 2 is 1.97 bits per heavy atom. The van der Waals surface area contributed by atoms with Gasteiger partial charge < -0.3 is 14.6 Å². The van der Waals surface area contributed by atoms with Crippen molar-refractivity contribution < 1.29 is 9.21 Å². The van der Waals surface area contributed by atoms with E-state index in [4.69, 9.17) is 9.40 Å². The molecule has 1 fully saturated rings. The Kier molecular flexibility index (Phi) is 6.35. The fraction of sp³-hybridized carbons (Fsp3) is 0.370. The number of hydrogen-bond acceptors (Lipinski definition) is 6. The number of rotatable bonds is 5. The number of carbonyl (C=O) groups is 1. The van der Waals surface area contributed by atoms with Gasteiger partial charge in [0.2, 0.25) is 0 Å². The van der Waals surface area contributed by atoms with Gasteiger partial charge in [-0.15, -0.1) is 0 Å². The lowest BCUT2D eigenvalue weighted by Crippen LogP contribution is -2.60. The number of benzene rings is 1. The normalized spacial score (nSPS) is 18.4. The molecule has 2 atom stereocenters. The topological polar surface area (TPSA) is 82.2 Å². The smallest absolute Gasteiger partial charge is 0.190 e. The van der Waals surface area contributed by atoms with Crippen molar-refractivity contribution in [2.24, 2.45) is 0 Å².